The number of nitrogens with one attached hydrogen (secondary N) is 1. The molecule has 0 radical (unpaired) electrons. The molecule has 108 valence electrons. The van der Waals surface area contributed by atoms with Crippen molar-refractivity contribution in [3.8, 4) is 5.88 Å². The Balaban J connectivity index is 2.99. The Labute approximate surface area is 115 Å². The van der Waals surface area contributed by atoms with Gasteiger partial charge < -0.3 is 14.8 Å². The second-order valence-electron chi connectivity index (χ2n) is 5.58. The second kappa shape index (κ2) is 6.70. The predicted molar refractivity (Wildman–Crippen MR) is 76.9 cm³/mol. The fraction of sp³-hybridized carbons (Fsp3) is 0.714. The molecule has 1 heterocycles. The molecule has 19 heavy (non-hydrogen) atoms. The average molecular weight is 267 g/mol. The van der Waals surface area contributed by atoms with Crippen LogP contribution < -0.4 is 10.1 Å². The van der Waals surface area contributed by atoms with E-state index in [1.807, 2.05) is 19.9 Å². The highest BCUT2D eigenvalue weighted by Crippen LogP contribution is 2.23. The Morgan fingerprint density at radius 1 is 1.32 bits per heavy atom. The standard InChI is InChI=1S/C14H25N3O2/c1-7-15-11-8-12(19-10(2)9-18-6)17-13(16-11)14(3,4)5/h8,10H,7,9H2,1-6H3,(H,15,16,17). The maximum Gasteiger partial charge on any atom is 0.219 e. The molecule has 0 aliphatic heterocycles. The molecular formula is C14H25N3O2. The molecule has 0 saturated carbocycles. The fourth-order valence-electron chi connectivity index (χ4n) is 1.57. The number of nitrogens with zero attached hydrogens (tertiary/aromatic N) is 2. The maximum atomic E-state index is 5.76. The largest absolute Gasteiger partial charge is 0.472 e. The van der Waals surface area contributed by atoms with Crippen molar-refractivity contribution in [1.29, 1.82) is 0 Å². The molecule has 1 atom stereocenters. The molecule has 1 unspecified atom stereocenters. The summed E-state index contributed by atoms with van der Waals surface area (Å²) in [5, 5.41) is 3.20. The minimum absolute atomic E-state index is 0.0396. The van der Waals surface area contributed by atoms with E-state index in [0.717, 1.165) is 18.2 Å². The highest BCUT2D eigenvalue weighted by Gasteiger charge is 2.20. The number of anilines is 1. The van der Waals surface area contributed by atoms with Crippen molar-refractivity contribution in [2.24, 2.45) is 0 Å². The van der Waals surface area contributed by atoms with Crippen LogP contribution in [0.15, 0.2) is 6.07 Å². The number of hydrogen-bond acceptors (Lipinski definition) is 5. The summed E-state index contributed by atoms with van der Waals surface area (Å²) >= 11 is 0. The molecule has 1 aromatic rings. The van der Waals surface area contributed by atoms with Gasteiger partial charge >= 0.3 is 0 Å². The zero-order valence-electron chi connectivity index (χ0n) is 12.8. The predicted octanol–water partition coefficient (Wildman–Crippen LogP) is 2.62. The quantitative estimate of drug-likeness (QED) is 0.858. The van der Waals surface area contributed by atoms with Crippen LogP contribution in [-0.4, -0.2) is 36.3 Å². The highest BCUT2D eigenvalue weighted by molar-refractivity contribution is 5.39. The molecule has 1 aromatic heterocycles. The Hall–Kier alpha value is -1.36. The minimum atomic E-state index is -0.117. The summed E-state index contributed by atoms with van der Waals surface area (Å²) in [4.78, 5) is 8.99. The van der Waals surface area contributed by atoms with Crippen molar-refractivity contribution in [3.63, 3.8) is 0 Å². The van der Waals surface area contributed by atoms with Gasteiger partial charge in [-0.3, -0.25) is 0 Å². The van der Waals surface area contributed by atoms with Gasteiger partial charge in [0.15, 0.2) is 0 Å². The van der Waals surface area contributed by atoms with Gasteiger partial charge in [0.05, 0.1) is 6.61 Å². The number of hydrogen-bond donors (Lipinski definition) is 1. The van der Waals surface area contributed by atoms with Crippen LogP contribution in [0.5, 0.6) is 5.88 Å². The number of rotatable bonds is 6. The zero-order valence-corrected chi connectivity index (χ0v) is 12.8. The normalized spacial score (nSPS) is 13.2. The van der Waals surface area contributed by atoms with E-state index in [9.17, 15) is 0 Å². The van der Waals surface area contributed by atoms with E-state index in [1.54, 1.807) is 7.11 Å². The van der Waals surface area contributed by atoms with Crippen LogP contribution in [0.4, 0.5) is 5.82 Å². The molecule has 1 N–H and O–H groups in total. The van der Waals surface area contributed by atoms with Gasteiger partial charge in [0.25, 0.3) is 0 Å². The lowest BCUT2D eigenvalue weighted by atomic mass is 9.96. The smallest absolute Gasteiger partial charge is 0.219 e. The van der Waals surface area contributed by atoms with Crippen LogP contribution in [0.1, 0.15) is 40.4 Å². The minimum Gasteiger partial charge on any atom is -0.472 e. The molecule has 0 saturated heterocycles. The molecule has 0 spiro atoms. The number of methoxy groups -OCH3 is 1. The van der Waals surface area contributed by atoms with E-state index in [4.69, 9.17) is 9.47 Å². The first-order valence-corrected chi connectivity index (χ1v) is 6.65. The summed E-state index contributed by atoms with van der Waals surface area (Å²) in [7, 11) is 1.66. The molecule has 0 aliphatic carbocycles. The molecule has 0 amide bonds. The van der Waals surface area contributed by atoms with Gasteiger partial charge in [-0.1, -0.05) is 20.8 Å². The Kier molecular flexibility index (Phi) is 5.54. The summed E-state index contributed by atoms with van der Waals surface area (Å²) in [6.45, 7) is 11.6. The average Bonchev–Trinajstić information content (AvgIpc) is 2.28. The van der Waals surface area contributed by atoms with Gasteiger partial charge in [-0.15, -0.1) is 0 Å². The third-order valence-corrected chi connectivity index (χ3v) is 2.45. The van der Waals surface area contributed by atoms with Crippen LogP contribution >= 0.6 is 0 Å². The number of aromatic nitrogens is 2. The Morgan fingerprint density at radius 3 is 2.53 bits per heavy atom. The van der Waals surface area contributed by atoms with E-state index in [0.29, 0.717) is 12.5 Å². The van der Waals surface area contributed by atoms with Crippen molar-refractivity contribution in [3.05, 3.63) is 11.9 Å². The van der Waals surface area contributed by atoms with Crippen molar-refractivity contribution < 1.29 is 9.47 Å². The molecule has 5 heteroatoms. The summed E-state index contributed by atoms with van der Waals surface area (Å²) in [6.07, 6.45) is -0.0396. The molecule has 5 nitrogen and oxygen atoms in total. The summed E-state index contributed by atoms with van der Waals surface area (Å²) in [5.74, 6) is 2.15. The maximum absolute atomic E-state index is 5.76. The lowest BCUT2D eigenvalue weighted by Crippen LogP contribution is -2.22. The Morgan fingerprint density at radius 2 is 2.00 bits per heavy atom. The third-order valence-electron chi connectivity index (χ3n) is 2.45. The molecule has 0 aliphatic rings. The first kappa shape index (κ1) is 15.7. The third kappa shape index (κ3) is 5.03. The molecule has 0 aromatic carbocycles. The lowest BCUT2D eigenvalue weighted by Gasteiger charge is -2.20. The van der Waals surface area contributed by atoms with Crippen molar-refractivity contribution in [1.82, 2.24) is 9.97 Å². The van der Waals surface area contributed by atoms with Gasteiger partial charge in [-0.25, -0.2) is 4.98 Å². The SMILES string of the molecule is CCNc1cc(OC(C)COC)nc(C(C)(C)C)n1. The topological polar surface area (TPSA) is 56.3 Å². The van der Waals surface area contributed by atoms with Crippen molar-refractivity contribution >= 4 is 5.82 Å². The van der Waals surface area contributed by atoms with E-state index in [-0.39, 0.29) is 11.5 Å². The van der Waals surface area contributed by atoms with Crippen molar-refractivity contribution in [2.45, 2.75) is 46.1 Å². The van der Waals surface area contributed by atoms with Crippen LogP contribution in [0.3, 0.4) is 0 Å². The summed E-state index contributed by atoms with van der Waals surface area (Å²) in [5.41, 5.74) is -0.117. The van der Waals surface area contributed by atoms with Crippen molar-refractivity contribution in [2.75, 3.05) is 25.6 Å². The van der Waals surface area contributed by atoms with E-state index in [2.05, 4.69) is 36.1 Å². The zero-order chi connectivity index (χ0) is 14.5. The van der Waals surface area contributed by atoms with Gasteiger partial charge in [-0.05, 0) is 13.8 Å². The van der Waals surface area contributed by atoms with E-state index < -0.39 is 0 Å². The summed E-state index contributed by atoms with van der Waals surface area (Å²) in [6, 6.07) is 1.82. The van der Waals surface area contributed by atoms with E-state index in [1.165, 1.54) is 0 Å². The van der Waals surface area contributed by atoms with Crippen LogP contribution in [-0.2, 0) is 10.2 Å². The molecule has 1 rings (SSSR count). The first-order valence-electron chi connectivity index (χ1n) is 6.65. The number of ether oxygens (including phenoxy) is 2. The monoisotopic (exact) mass is 267 g/mol. The second-order valence-corrected chi connectivity index (χ2v) is 5.58. The lowest BCUT2D eigenvalue weighted by molar-refractivity contribution is 0.0886. The molecule has 0 fully saturated rings. The highest BCUT2D eigenvalue weighted by atomic mass is 16.5. The van der Waals surface area contributed by atoms with Crippen LogP contribution in [0.25, 0.3) is 0 Å². The van der Waals surface area contributed by atoms with Crippen LogP contribution in [0.2, 0.25) is 0 Å². The van der Waals surface area contributed by atoms with E-state index >= 15 is 0 Å². The molecular weight excluding hydrogens is 242 g/mol. The summed E-state index contributed by atoms with van der Waals surface area (Å²) < 4.78 is 10.8. The first-order chi connectivity index (χ1) is 8.86. The van der Waals surface area contributed by atoms with Crippen LogP contribution in [0, 0.1) is 0 Å². The van der Waals surface area contributed by atoms with Gasteiger partial charge in [0.1, 0.15) is 17.7 Å². The Bertz CT molecular complexity index is 402. The fourth-order valence-corrected chi connectivity index (χ4v) is 1.57. The van der Waals surface area contributed by atoms with Gasteiger partial charge in [0, 0.05) is 25.1 Å². The van der Waals surface area contributed by atoms with Gasteiger partial charge in [0.2, 0.25) is 5.88 Å². The van der Waals surface area contributed by atoms with Gasteiger partial charge in [-0.2, -0.15) is 4.98 Å². The molecule has 0 bridgehead atoms.